The monoisotopic (exact) mass is 462 g/mol. The number of carbonyl (C=O) groups is 1. The molecule has 4 N–H and O–H groups in total. The zero-order chi connectivity index (χ0) is 23.1. The van der Waals surface area contributed by atoms with E-state index in [0.29, 0.717) is 44.5 Å². The Balaban J connectivity index is 1.45. The van der Waals surface area contributed by atoms with Crippen molar-refractivity contribution in [2.24, 2.45) is 5.73 Å². The number of H-pyrrole nitrogens is 1. The third-order valence-corrected chi connectivity index (χ3v) is 6.87. The van der Waals surface area contributed by atoms with Crippen molar-refractivity contribution in [1.29, 1.82) is 0 Å². The first-order chi connectivity index (χ1) is 15.1. The van der Waals surface area contributed by atoms with Gasteiger partial charge in [-0.05, 0) is 37.5 Å². The molecule has 2 atom stereocenters. The van der Waals surface area contributed by atoms with E-state index in [4.69, 9.17) is 22.1 Å². The summed E-state index contributed by atoms with van der Waals surface area (Å²) in [6.45, 7) is 3.18. The molecule has 1 amide bonds. The van der Waals surface area contributed by atoms with Crippen molar-refractivity contribution >= 4 is 17.5 Å². The molecule has 4 rings (SSSR count). The molecular formula is C22H27ClN4O5. The van der Waals surface area contributed by atoms with E-state index in [1.54, 1.807) is 24.0 Å². The van der Waals surface area contributed by atoms with Crippen LogP contribution in [0.1, 0.15) is 48.1 Å². The molecule has 0 radical (unpaired) electrons. The smallest absolute Gasteiger partial charge is 0.328 e. The highest BCUT2D eigenvalue weighted by atomic mass is 35.5. The Labute approximate surface area is 189 Å². The van der Waals surface area contributed by atoms with Crippen LogP contribution in [-0.4, -0.2) is 56.4 Å². The predicted octanol–water partition coefficient (Wildman–Crippen LogP) is 1.04. The van der Waals surface area contributed by atoms with Crippen LogP contribution in [0.5, 0.6) is 0 Å². The molecule has 2 aromatic rings. The molecule has 0 bridgehead atoms. The summed E-state index contributed by atoms with van der Waals surface area (Å²) in [4.78, 5) is 40.6. The number of carbonyl (C=O) groups excluding carboxylic acids is 1. The lowest BCUT2D eigenvalue weighted by molar-refractivity contribution is -0.195. The van der Waals surface area contributed by atoms with E-state index in [1.165, 1.54) is 10.8 Å². The second kappa shape index (κ2) is 8.47. The minimum atomic E-state index is -1.27. The van der Waals surface area contributed by atoms with Gasteiger partial charge < -0.3 is 20.5 Å². The average molecular weight is 463 g/mol. The summed E-state index contributed by atoms with van der Waals surface area (Å²) in [5.74, 6) is -0.0432. The summed E-state index contributed by atoms with van der Waals surface area (Å²) in [5.41, 5.74) is 4.02. The van der Waals surface area contributed by atoms with E-state index >= 15 is 0 Å². The fourth-order valence-electron chi connectivity index (χ4n) is 4.73. The lowest BCUT2D eigenvalue weighted by atomic mass is 9.75. The fraction of sp³-hybridized carbons (Fsp3) is 0.500. The molecule has 2 saturated heterocycles. The number of nitrogens with two attached hydrogens (primary N) is 1. The van der Waals surface area contributed by atoms with Crippen molar-refractivity contribution in [3.05, 3.63) is 67.4 Å². The van der Waals surface area contributed by atoms with Crippen LogP contribution in [0, 0.1) is 0 Å². The predicted molar refractivity (Wildman–Crippen MR) is 119 cm³/mol. The van der Waals surface area contributed by atoms with Gasteiger partial charge in [-0.15, -0.1) is 0 Å². The number of halogens is 1. The maximum absolute atomic E-state index is 12.9. The minimum absolute atomic E-state index is 0.0432. The number of amides is 1. The van der Waals surface area contributed by atoms with Crippen LogP contribution >= 0.6 is 11.6 Å². The van der Waals surface area contributed by atoms with E-state index in [2.05, 4.69) is 4.98 Å². The standard InChI is InChI=1S/C22H27ClN4O5/c1-21(31)13-22(32-12-17(21)27-11-16(23)18(28)25-20(27)30)6-8-26(9-7-22)19(29)15-4-2-14(10-24)3-5-15/h2-5,11,17,31H,6-10,12-13,24H2,1H3,(H,25,28,30)/t17-,21-/m0/s1. The highest BCUT2D eigenvalue weighted by Crippen LogP contribution is 2.43. The number of ether oxygens (including phenoxy) is 1. The third-order valence-electron chi connectivity index (χ3n) is 6.60. The van der Waals surface area contributed by atoms with Gasteiger partial charge in [0.2, 0.25) is 0 Å². The van der Waals surface area contributed by atoms with E-state index in [-0.39, 0.29) is 17.5 Å². The molecule has 1 aromatic carbocycles. The Morgan fingerprint density at radius 2 is 1.94 bits per heavy atom. The first-order valence-electron chi connectivity index (χ1n) is 10.6. The molecule has 1 aromatic heterocycles. The second-order valence-corrected chi connectivity index (χ2v) is 9.29. The van der Waals surface area contributed by atoms with Crippen LogP contribution < -0.4 is 17.0 Å². The lowest BCUT2D eigenvalue weighted by Gasteiger charge is -2.51. The second-order valence-electron chi connectivity index (χ2n) is 8.88. The lowest BCUT2D eigenvalue weighted by Crippen LogP contribution is -2.59. The Hall–Kier alpha value is -2.46. The van der Waals surface area contributed by atoms with Gasteiger partial charge in [0, 0.05) is 37.8 Å². The normalized spacial score (nSPS) is 25.1. The molecular weight excluding hydrogens is 436 g/mol. The van der Waals surface area contributed by atoms with Crippen LogP contribution in [0.25, 0.3) is 0 Å². The summed E-state index contributed by atoms with van der Waals surface area (Å²) in [5, 5.41) is 11.1. The van der Waals surface area contributed by atoms with Gasteiger partial charge >= 0.3 is 5.69 Å². The molecule has 0 aliphatic carbocycles. The molecule has 9 nitrogen and oxygen atoms in total. The number of aromatic nitrogens is 2. The summed E-state index contributed by atoms with van der Waals surface area (Å²) < 4.78 is 7.41. The number of hydrogen-bond acceptors (Lipinski definition) is 6. The molecule has 0 saturated carbocycles. The van der Waals surface area contributed by atoms with Crippen molar-refractivity contribution in [2.45, 2.75) is 50.0 Å². The van der Waals surface area contributed by atoms with Gasteiger partial charge in [-0.1, -0.05) is 23.7 Å². The number of piperidine rings is 1. The summed E-state index contributed by atoms with van der Waals surface area (Å²) >= 11 is 5.88. The molecule has 2 aliphatic rings. The zero-order valence-electron chi connectivity index (χ0n) is 17.8. The summed E-state index contributed by atoms with van der Waals surface area (Å²) in [7, 11) is 0. The van der Waals surface area contributed by atoms with Gasteiger partial charge in [0.05, 0.1) is 23.9 Å². The highest BCUT2D eigenvalue weighted by Gasteiger charge is 2.50. The molecule has 3 heterocycles. The summed E-state index contributed by atoms with van der Waals surface area (Å²) in [6.07, 6.45) is 2.68. The summed E-state index contributed by atoms with van der Waals surface area (Å²) in [6, 6.07) is 6.58. The van der Waals surface area contributed by atoms with Gasteiger partial charge in [0.1, 0.15) is 5.02 Å². The van der Waals surface area contributed by atoms with Gasteiger partial charge in [-0.2, -0.15) is 0 Å². The maximum Gasteiger partial charge on any atom is 0.328 e. The number of nitrogens with one attached hydrogen (secondary N) is 1. The quantitative estimate of drug-likeness (QED) is 0.624. The van der Waals surface area contributed by atoms with Crippen molar-refractivity contribution < 1.29 is 14.6 Å². The Morgan fingerprint density at radius 1 is 1.28 bits per heavy atom. The van der Waals surface area contributed by atoms with Gasteiger partial charge in [0.15, 0.2) is 0 Å². The molecule has 2 fully saturated rings. The number of nitrogens with zero attached hydrogens (tertiary/aromatic N) is 2. The Morgan fingerprint density at radius 3 is 2.53 bits per heavy atom. The van der Waals surface area contributed by atoms with Crippen molar-refractivity contribution in [3.8, 4) is 0 Å². The number of rotatable bonds is 3. The van der Waals surface area contributed by atoms with Gasteiger partial charge in [0.25, 0.3) is 11.5 Å². The zero-order valence-corrected chi connectivity index (χ0v) is 18.6. The Kier molecular flexibility index (Phi) is 6.02. The first-order valence-corrected chi connectivity index (χ1v) is 11.0. The van der Waals surface area contributed by atoms with Crippen LogP contribution in [0.4, 0.5) is 0 Å². The van der Waals surface area contributed by atoms with E-state index in [0.717, 1.165) is 5.56 Å². The molecule has 1 spiro atoms. The SMILES string of the molecule is C[C@]1(O)CC2(CCN(C(=O)c3ccc(CN)cc3)CC2)OC[C@@H]1n1cc(Cl)c(=O)[nH]c1=O. The first kappa shape index (κ1) is 22.7. The topological polar surface area (TPSA) is 131 Å². The van der Waals surface area contributed by atoms with Crippen molar-refractivity contribution in [3.63, 3.8) is 0 Å². The largest absolute Gasteiger partial charge is 0.388 e. The van der Waals surface area contributed by atoms with Crippen LogP contribution in [-0.2, 0) is 11.3 Å². The van der Waals surface area contributed by atoms with Gasteiger partial charge in [-0.3, -0.25) is 19.1 Å². The van der Waals surface area contributed by atoms with Crippen LogP contribution in [0.3, 0.4) is 0 Å². The number of benzene rings is 1. The number of likely N-dealkylation sites (tertiary alicyclic amines) is 1. The molecule has 0 unspecified atom stereocenters. The fourth-order valence-corrected chi connectivity index (χ4v) is 4.89. The number of aromatic amines is 1. The molecule has 32 heavy (non-hydrogen) atoms. The maximum atomic E-state index is 12.9. The average Bonchev–Trinajstić information content (AvgIpc) is 2.76. The van der Waals surface area contributed by atoms with Crippen molar-refractivity contribution in [1.82, 2.24) is 14.5 Å². The van der Waals surface area contributed by atoms with E-state index < -0.39 is 28.5 Å². The van der Waals surface area contributed by atoms with Crippen molar-refractivity contribution in [2.75, 3.05) is 19.7 Å². The molecule has 2 aliphatic heterocycles. The van der Waals surface area contributed by atoms with E-state index in [9.17, 15) is 19.5 Å². The third kappa shape index (κ3) is 4.25. The molecule has 172 valence electrons. The number of aliphatic hydroxyl groups is 1. The molecule has 10 heteroatoms. The van der Waals surface area contributed by atoms with Crippen LogP contribution in [0.2, 0.25) is 5.02 Å². The van der Waals surface area contributed by atoms with E-state index in [1.807, 2.05) is 12.1 Å². The number of hydrogen-bond donors (Lipinski definition) is 3. The highest BCUT2D eigenvalue weighted by molar-refractivity contribution is 6.30. The van der Waals surface area contributed by atoms with Gasteiger partial charge in [-0.25, -0.2) is 4.79 Å². The Bertz CT molecular complexity index is 1120. The minimum Gasteiger partial charge on any atom is -0.388 e. The van der Waals surface area contributed by atoms with Crippen LogP contribution in [0.15, 0.2) is 40.1 Å².